The van der Waals surface area contributed by atoms with Crippen LogP contribution in [0.4, 0.5) is 4.39 Å². The topological polar surface area (TPSA) is 41.0 Å². The highest BCUT2D eigenvalue weighted by molar-refractivity contribution is 7.99. The monoisotopic (exact) mass is 310 g/mol. The Hall–Kier alpha value is -0.720. The van der Waals surface area contributed by atoms with Crippen LogP contribution in [0.25, 0.3) is 0 Å². The minimum atomic E-state index is -0.706. The first-order chi connectivity index (χ1) is 10.3. The number of rotatable bonds is 5. The molecule has 2 fully saturated rings. The standard InChI is InChI=1S/C15H23FN4S/c16-13-4-15(7-19-14-2-1-3-21-10-14)20(9-13)8-12-5-17-11-18-6-12/h5-6,11,13-15,19H,1-4,7-10H2/t13-,14+,15-/m0/s1. The number of hydrogen-bond acceptors (Lipinski definition) is 5. The molecule has 0 radical (unpaired) electrons. The second kappa shape index (κ2) is 7.51. The Morgan fingerprint density at radius 2 is 2.24 bits per heavy atom. The van der Waals surface area contributed by atoms with E-state index >= 15 is 0 Å². The summed E-state index contributed by atoms with van der Waals surface area (Å²) < 4.78 is 13.8. The average Bonchev–Trinajstić information content (AvgIpc) is 2.87. The van der Waals surface area contributed by atoms with Crippen LogP contribution in [0.1, 0.15) is 24.8 Å². The Morgan fingerprint density at radius 3 is 3.00 bits per heavy atom. The minimum absolute atomic E-state index is 0.284. The molecule has 3 heterocycles. The molecular weight excluding hydrogens is 287 g/mol. The molecule has 2 aliphatic heterocycles. The molecule has 0 amide bonds. The van der Waals surface area contributed by atoms with Gasteiger partial charge in [0.25, 0.3) is 0 Å². The van der Waals surface area contributed by atoms with E-state index in [0.717, 1.165) is 18.7 Å². The lowest BCUT2D eigenvalue weighted by Crippen LogP contribution is -2.43. The summed E-state index contributed by atoms with van der Waals surface area (Å²) in [6, 6.07) is 0.886. The van der Waals surface area contributed by atoms with E-state index < -0.39 is 6.17 Å². The lowest BCUT2D eigenvalue weighted by molar-refractivity contribution is 0.226. The highest BCUT2D eigenvalue weighted by atomic mass is 32.2. The van der Waals surface area contributed by atoms with Gasteiger partial charge in [-0.25, -0.2) is 14.4 Å². The number of nitrogens with one attached hydrogen (secondary N) is 1. The van der Waals surface area contributed by atoms with E-state index in [1.807, 2.05) is 24.2 Å². The van der Waals surface area contributed by atoms with E-state index in [4.69, 9.17) is 0 Å². The van der Waals surface area contributed by atoms with Crippen LogP contribution >= 0.6 is 11.8 Å². The fourth-order valence-electron chi connectivity index (χ4n) is 3.18. The lowest BCUT2D eigenvalue weighted by Gasteiger charge is -2.28. The predicted octanol–water partition coefficient (Wildman–Crippen LogP) is 1.87. The van der Waals surface area contributed by atoms with E-state index in [2.05, 4.69) is 20.2 Å². The lowest BCUT2D eigenvalue weighted by atomic mass is 10.1. The van der Waals surface area contributed by atoms with Gasteiger partial charge in [0, 0.05) is 55.4 Å². The van der Waals surface area contributed by atoms with Crippen molar-refractivity contribution in [1.82, 2.24) is 20.2 Å². The Bertz CT molecular complexity index is 427. The van der Waals surface area contributed by atoms with Crippen LogP contribution in [0.5, 0.6) is 0 Å². The fraction of sp³-hybridized carbons (Fsp3) is 0.733. The van der Waals surface area contributed by atoms with Crippen LogP contribution in [0, 0.1) is 0 Å². The number of nitrogens with zero attached hydrogens (tertiary/aromatic N) is 3. The fourth-order valence-corrected chi connectivity index (χ4v) is 4.29. The highest BCUT2D eigenvalue weighted by Gasteiger charge is 2.32. The number of hydrogen-bond donors (Lipinski definition) is 1. The molecule has 0 aliphatic carbocycles. The second-order valence-corrected chi connectivity index (χ2v) is 7.14. The summed E-state index contributed by atoms with van der Waals surface area (Å²) >= 11 is 2.02. The van der Waals surface area contributed by atoms with E-state index in [0.29, 0.717) is 19.0 Å². The number of thioether (sulfide) groups is 1. The third-order valence-corrected chi connectivity index (χ3v) is 5.49. The molecular formula is C15H23FN4S. The molecule has 2 saturated heterocycles. The number of aromatic nitrogens is 2. The molecule has 0 spiro atoms. The Morgan fingerprint density at radius 1 is 1.38 bits per heavy atom. The van der Waals surface area contributed by atoms with Crippen molar-refractivity contribution in [3.63, 3.8) is 0 Å². The molecule has 21 heavy (non-hydrogen) atoms. The highest BCUT2D eigenvalue weighted by Crippen LogP contribution is 2.23. The largest absolute Gasteiger partial charge is 0.312 e. The molecule has 3 atom stereocenters. The van der Waals surface area contributed by atoms with Crippen LogP contribution < -0.4 is 5.32 Å². The molecule has 0 saturated carbocycles. The molecule has 4 nitrogen and oxygen atoms in total. The summed E-state index contributed by atoms with van der Waals surface area (Å²) in [6.07, 6.45) is 7.66. The minimum Gasteiger partial charge on any atom is -0.312 e. The van der Waals surface area contributed by atoms with Crippen molar-refractivity contribution < 1.29 is 4.39 Å². The van der Waals surface area contributed by atoms with E-state index in [-0.39, 0.29) is 6.04 Å². The van der Waals surface area contributed by atoms with Gasteiger partial charge < -0.3 is 5.32 Å². The zero-order chi connectivity index (χ0) is 14.5. The Kier molecular flexibility index (Phi) is 5.43. The molecule has 0 unspecified atom stereocenters. The zero-order valence-corrected chi connectivity index (χ0v) is 13.1. The molecule has 0 aromatic carbocycles. The van der Waals surface area contributed by atoms with Gasteiger partial charge in [-0.3, -0.25) is 4.90 Å². The van der Waals surface area contributed by atoms with Gasteiger partial charge in [-0.2, -0.15) is 11.8 Å². The van der Waals surface area contributed by atoms with Gasteiger partial charge in [-0.15, -0.1) is 0 Å². The summed E-state index contributed by atoms with van der Waals surface area (Å²) in [5.41, 5.74) is 1.06. The van der Waals surface area contributed by atoms with Crippen molar-refractivity contribution in [1.29, 1.82) is 0 Å². The summed E-state index contributed by atoms with van der Waals surface area (Å²) in [4.78, 5) is 10.3. The maximum Gasteiger partial charge on any atom is 0.115 e. The van der Waals surface area contributed by atoms with Crippen molar-refractivity contribution in [2.75, 3.05) is 24.6 Å². The molecule has 3 rings (SSSR count). The van der Waals surface area contributed by atoms with Crippen molar-refractivity contribution in [3.05, 3.63) is 24.3 Å². The summed E-state index contributed by atoms with van der Waals surface area (Å²) in [7, 11) is 0. The van der Waals surface area contributed by atoms with Crippen molar-refractivity contribution in [2.24, 2.45) is 0 Å². The average molecular weight is 310 g/mol. The summed E-state index contributed by atoms with van der Waals surface area (Å²) in [6.45, 7) is 2.16. The van der Waals surface area contributed by atoms with Crippen LogP contribution in [0.2, 0.25) is 0 Å². The summed E-state index contributed by atoms with van der Waals surface area (Å²) in [5.74, 6) is 2.48. The molecule has 116 valence electrons. The third-order valence-electron chi connectivity index (χ3n) is 4.28. The quantitative estimate of drug-likeness (QED) is 0.899. The smallest absolute Gasteiger partial charge is 0.115 e. The van der Waals surface area contributed by atoms with Crippen LogP contribution in [-0.2, 0) is 6.54 Å². The first-order valence-electron chi connectivity index (χ1n) is 7.74. The van der Waals surface area contributed by atoms with Crippen LogP contribution in [0.3, 0.4) is 0 Å². The van der Waals surface area contributed by atoms with Gasteiger partial charge in [0.15, 0.2) is 0 Å². The molecule has 2 aliphatic rings. The molecule has 1 N–H and O–H groups in total. The first kappa shape index (κ1) is 15.2. The van der Waals surface area contributed by atoms with Gasteiger partial charge in [-0.1, -0.05) is 0 Å². The normalized spacial score (nSPS) is 30.6. The third kappa shape index (κ3) is 4.37. The molecule has 0 bridgehead atoms. The first-order valence-corrected chi connectivity index (χ1v) is 8.90. The van der Waals surface area contributed by atoms with Gasteiger partial charge >= 0.3 is 0 Å². The van der Waals surface area contributed by atoms with Crippen LogP contribution in [-0.4, -0.2) is 57.7 Å². The van der Waals surface area contributed by atoms with Crippen molar-refractivity contribution in [3.8, 4) is 0 Å². The molecule has 6 heteroatoms. The maximum absolute atomic E-state index is 13.8. The van der Waals surface area contributed by atoms with Gasteiger partial charge in [0.2, 0.25) is 0 Å². The maximum atomic E-state index is 13.8. The number of alkyl halides is 1. The van der Waals surface area contributed by atoms with Gasteiger partial charge in [-0.05, 0) is 25.0 Å². The summed E-state index contributed by atoms with van der Waals surface area (Å²) in [5, 5.41) is 3.64. The zero-order valence-electron chi connectivity index (χ0n) is 12.2. The molecule has 1 aromatic heterocycles. The van der Waals surface area contributed by atoms with E-state index in [9.17, 15) is 4.39 Å². The second-order valence-electron chi connectivity index (χ2n) is 5.99. The predicted molar refractivity (Wildman–Crippen MR) is 84.1 cm³/mol. The number of likely N-dealkylation sites (tertiary alicyclic amines) is 1. The molecule has 1 aromatic rings. The van der Waals surface area contributed by atoms with Gasteiger partial charge in [0.1, 0.15) is 12.5 Å². The SMILES string of the molecule is F[C@H]1C[C@@H](CN[C@@H]2CCCSC2)N(Cc2cncnc2)C1. The van der Waals surface area contributed by atoms with Crippen molar-refractivity contribution >= 4 is 11.8 Å². The van der Waals surface area contributed by atoms with Gasteiger partial charge in [0.05, 0.1) is 0 Å². The Labute approximate surface area is 129 Å². The van der Waals surface area contributed by atoms with Crippen molar-refractivity contribution in [2.45, 2.75) is 44.1 Å². The van der Waals surface area contributed by atoms with E-state index in [1.54, 1.807) is 0 Å². The van der Waals surface area contributed by atoms with Crippen LogP contribution in [0.15, 0.2) is 18.7 Å². The van der Waals surface area contributed by atoms with E-state index in [1.165, 1.54) is 30.7 Å². The number of halogens is 1. The Balaban J connectivity index is 1.52.